The van der Waals surface area contributed by atoms with E-state index in [4.69, 9.17) is 0 Å². The maximum atomic E-state index is 12.3. The smallest absolute Gasteiger partial charge is 0.251 e. The van der Waals surface area contributed by atoms with Crippen LogP contribution in [-0.4, -0.2) is 36.9 Å². The average molecular weight is 430 g/mol. The van der Waals surface area contributed by atoms with Gasteiger partial charge in [0, 0.05) is 22.9 Å². The van der Waals surface area contributed by atoms with Gasteiger partial charge in [-0.2, -0.15) is 0 Å². The lowest BCUT2D eigenvalue weighted by atomic mass is 10.1. The number of aromatic hydroxyl groups is 1. The predicted octanol–water partition coefficient (Wildman–Crippen LogP) is 2.91. The molecule has 0 atom stereocenters. The first kappa shape index (κ1) is 22.8. The van der Waals surface area contributed by atoms with Crippen LogP contribution in [0.3, 0.4) is 0 Å². The van der Waals surface area contributed by atoms with Crippen molar-refractivity contribution in [3.05, 3.63) is 59.7 Å². The summed E-state index contributed by atoms with van der Waals surface area (Å²) >= 11 is 0. The number of benzene rings is 2. The SMILES string of the molecule is CCS(=O)(=O)c1ccc(O)c(NC(=O)/C(C)=C/C(=O)Nc2ccc(C(C)=O)cc2)c1. The molecule has 0 unspecified atom stereocenters. The van der Waals surface area contributed by atoms with Gasteiger partial charge in [0.1, 0.15) is 5.75 Å². The van der Waals surface area contributed by atoms with Crippen molar-refractivity contribution in [1.29, 1.82) is 0 Å². The molecule has 9 heteroatoms. The van der Waals surface area contributed by atoms with Crippen molar-refractivity contribution in [3.8, 4) is 5.75 Å². The number of phenolic OH excluding ortho intramolecular Hbond substituents is 1. The van der Waals surface area contributed by atoms with Gasteiger partial charge in [-0.25, -0.2) is 8.42 Å². The monoisotopic (exact) mass is 430 g/mol. The lowest BCUT2D eigenvalue weighted by Gasteiger charge is -2.10. The molecule has 2 aromatic carbocycles. The molecule has 2 amide bonds. The van der Waals surface area contributed by atoms with E-state index < -0.39 is 21.7 Å². The highest BCUT2D eigenvalue weighted by atomic mass is 32.2. The molecule has 0 saturated heterocycles. The maximum Gasteiger partial charge on any atom is 0.251 e. The van der Waals surface area contributed by atoms with Crippen LogP contribution in [0.25, 0.3) is 0 Å². The number of carbonyl (C=O) groups is 3. The number of hydrogen-bond donors (Lipinski definition) is 3. The Balaban J connectivity index is 2.11. The molecule has 2 rings (SSSR count). The molecule has 3 N–H and O–H groups in total. The second-order valence-corrected chi connectivity index (χ2v) is 8.76. The van der Waals surface area contributed by atoms with E-state index in [1.807, 2.05) is 0 Å². The third-order valence-electron chi connectivity index (χ3n) is 4.22. The Hall–Kier alpha value is -3.46. The Labute approximate surface area is 174 Å². The van der Waals surface area contributed by atoms with Crippen molar-refractivity contribution in [2.45, 2.75) is 25.7 Å². The zero-order chi connectivity index (χ0) is 22.5. The third-order valence-corrected chi connectivity index (χ3v) is 5.95. The van der Waals surface area contributed by atoms with Crippen molar-refractivity contribution in [2.75, 3.05) is 16.4 Å². The Morgan fingerprint density at radius 3 is 2.20 bits per heavy atom. The van der Waals surface area contributed by atoms with E-state index in [-0.39, 0.29) is 33.4 Å². The van der Waals surface area contributed by atoms with Crippen LogP contribution in [-0.2, 0) is 19.4 Å². The molecule has 0 aliphatic carbocycles. The van der Waals surface area contributed by atoms with Crippen LogP contribution in [0.1, 0.15) is 31.1 Å². The Morgan fingerprint density at radius 1 is 1.00 bits per heavy atom. The first-order valence-electron chi connectivity index (χ1n) is 9.01. The summed E-state index contributed by atoms with van der Waals surface area (Å²) in [7, 11) is -3.52. The number of sulfone groups is 1. The lowest BCUT2D eigenvalue weighted by molar-refractivity contribution is -0.114. The highest BCUT2D eigenvalue weighted by Gasteiger charge is 2.16. The van der Waals surface area contributed by atoms with Crippen molar-refractivity contribution in [3.63, 3.8) is 0 Å². The summed E-state index contributed by atoms with van der Waals surface area (Å²) in [6.07, 6.45) is 1.07. The molecule has 2 aromatic rings. The highest BCUT2D eigenvalue weighted by Crippen LogP contribution is 2.27. The Kier molecular flexibility index (Phi) is 7.12. The van der Waals surface area contributed by atoms with Crippen LogP contribution < -0.4 is 10.6 Å². The molecule has 158 valence electrons. The number of rotatable bonds is 7. The Morgan fingerprint density at radius 2 is 1.63 bits per heavy atom. The lowest BCUT2D eigenvalue weighted by Crippen LogP contribution is -2.16. The van der Waals surface area contributed by atoms with Crippen LogP contribution in [0.5, 0.6) is 5.75 Å². The van der Waals surface area contributed by atoms with Crippen molar-refractivity contribution >= 4 is 38.8 Å². The fraction of sp³-hybridized carbons (Fsp3) is 0.190. The number of ketones is 1. The minimum atomic E-state index is -3.52. The molecule has 30 heavy (non-hydrogen) atoms. The zero-order valence-electron chi connectivity index (χ0n) is 16.7. The number of anilines is 2. The summed E-state index contributed by atoms with van der Waals surface area (Å²) in [5.41, 5.74) is 0.911. The minimum Gasteiger partial charge on any atom is -0.506 e. The van der Waals surface area contributed by atoms with Crippen LogP contribution in [0.2, 0.25) is 0 Å². The van der Waals surface area contributed by atoms with Gasteiger partial charge in [-0.05, 0) is 56.3 Å². The van der Waals surface area contributed by atoms with Gasteiger partial charge < -0.3 is 15.7 Å². The molecule has 0 bridgehead atoms. The summed E-state index contributed by atoms with van der Waals surface area (Å²) in [6, 6.07) is 9.86. The van der Waals surface area contributed by atoms with Gasteiger partial charge >= 0.3 is 0 Å². The van der Waals surface area contributed by atoms with Gasteiger partial charge in [-0.1, -0.05) is 6.92 Å². The van der Waals surface area contributed by atoms with E-state index >= 15 is 0 Å². The number of Topliss-reactive ketones (excluding diaryl/α,β-unsaturated/α-hetero) is 1. The van der Waals surface area contributed by atoms with E-state index in [9.17, 15) is 27.9 Å². The third kappa shape index (κ3) is 5.77. The van der Waals surface area contributed by atoms with Crippen LogP contribution in [0, 0.1) is 0 Å². The molecular weight excluding hydrogens is 408 g/mol. The van der Waals surface area contributed by atoms with E-state index in [0.717, 1.165) is 12.1 Å². The van der Waals surface area contributed by atoms with Crippen LogP contribution in [0.15, 0.2) is 59.0 Å². The molecule has 0 heterocycles. The normalized spacial score (nSPS) is 11.6. The fourth-order valence-electron chi connectivity index (χ4n) is 2.43. The van der Waals surface area contributed by atoms with Gasteiger partial charge in [0.15, 0.2) is 15.6 Å². The standard InChI is InChI=1S/C21H22N2O6S/c1-4-30(28,29)17-9-10-19(25)18(12-17)23-21(27)13(2)11-20(26)22-16-7-5-15(6-8-16)14(3)24/h5-12,25H,4H2,1-3H3,(H,22,26)(H,23,27)/b13-11+. The molecule has 0 saturated carbocycles. The molecular formula is C21H22N2O6S. The first-order valence-corrected chi connectivity index (χ1v) is 10.7. The second kappa shape index (κ2) is 9.36. The maximum absolute atomic E-state index is 12.3. The van der Waals surface area contributed by atoms with Gasteiger partial charge in [-0.3, -0.25) is 14.4 Å². The molecule has 8 nitrogen and oxygen atoms in total. The molecule has 0 aliphatic rings. The molecule has 0 aromatic heterocycles. The van der Waals surface area contributed by atoms with Crippen LogP contribution >= 0.6 is 0 Å². The van der Waals surface area contributed by atoms with Crippen molar-refractivity contribution < 1.29 is 27.9 Å². The number of nitrogens with one attached hydrogen (secondary N) is 2. The highest BCUT2D eigenvalue weighted by molar-refractivity contribution is 7.91. The van der Waals surface area contributed by atoms with Crippen molar-refractivity contribution in [2.24, 2.45) is 0 Å². The molecule has 0 aliphatic heterocycles. The summed E-state index contributed by atoms with van der Waals surface area (Å²) in [4.78, 5) is 35.7. The predicted molar refractivity (Wildman–Crippen MR) is 113 cm³/mol. The average Bonchev–Trinajstić information content (AvgIpc) is 2.69. The van der Waals surface area contributed by atoms with Crippen molar-refractivity contribution in [1.82, 2.24) is 0 Å². The van der Waals surface area contributed by atoms with E-state index in [2.05, 4.69) is 10.6 Å². The molecule has 0 fully saturated rings. The topological polar surface area (TPSA) is 130 Å². The fourth-order valence-corrected chi connectivity index (χ4v) is 3.33. The van der Waals surface area contributed by atoms with E-state index in [1.54, 1.807) is 24.3 Å². The molecule has 0 radical (unpaired) electrons. The quantitative estimate of drug-likeness (QED) is 0.352. The van der Waals surface area contributed by atoms with Gasteiger partial charge in [0.05, 0.1) is 16.3 Å². The largest absolute Gasteiger partial charge is 0.506 e. The van der Waals surface area contributed by atoms with Gasteiger partial charge in [0.2, 0.25) is 5.91 Å². The zero-order valence-corrected chi connectivity index (χ0v) is 17.5. The first-order chi connectivity index (χ1) is 14.0. The Bertz CT molecular complexity index is 1120. The van der Waals surface area contributed by atoms with Gasteiger partial charge in [-0.15, -0.1) is 0 Å². The summed E-state index contributed by atoms with van der Waals surface area (Å²) < 4.78 is 24.0. The molecule has 0 spiro atoms. The number of carbonyl (C=O) groups excluding carboxylic acids is 3. The van der Waals surface area contributed by atoms with E-state index in [0.29, 0.717) is 11.3 Å². The number of phenols is 1. The summed E-state index contributed by atoms with van der Waals surface area (Å²) in [5.74, 6) is -1.78. The minimum absolute atomic E-state index is 0.0357. The van der Waals surface area contributed by atoms with Gasteiger partial charge in [0.25, 0.3) is 5.91 Å². The number of hydrogen-bond acceptors (Lipinski definition) is 6. The second-order valence-electron chi connectivity index (χ2n) is 6.49. The van der Waals surface area contributed by atoms with E-state index in [1.165, 1.54) is 32.9 Å². The summed E-state index contributed by atoms with van der Waals surface area (Å²) in [6.45, 7) is 4.32. The number of amides is 2. The van der Waals surface area contributed by atoms with Crippen LogP contribution in [0.4, 0.5) is 11.4 Å². The summed E-state index contributed by atoms with van der Waals surface area (Å²) in [5, 5.41) is 14.9.